The Morgan fingerprint density at radius 2 is 1.63 bits per heavy atom. The molecule has 1 heterocycles. The van der Waals surface area contributed by atoms with Crippen LogP contribution in [0.5, 0.6) is 0 Å². The third-order valence-corrected chi connectivity index (χ3v) is 8.59. The molecule has 0 spiro atoms. The average molecular weight is 470 g/mol. The molecule has 4 saturated carbocycles. The van der Waals surface area contributed by atoms with E-state index in [9.17, 15) is 9.90 Å². The van der Waals surface area contributed by atoms with Gasteiger partial charge in [0.15, 0.2) is 0 Å². The van der Waals surface area contributed by atoms with Crippen LogP contribution >= 0.6 is 0 Å². The van der Waals surface area contributed by atoms with Crippen LogP contribution in [0, 0.1) is 23.2 Å². The van der Waals surface area contributed by atoms with Gasteiger partial charge in [0.2, 0.25) is 5.91 Å². The fourth-order valence-corrected chi connectivity index (χ4v) is 7.66. The molecule has 3 N–H and O–H groups in total. The first kappa shape index (κ1) is 22.5. The fourth-order valence-electron chi connectivity index (χ4n) is 7.66. The second kappa shape index (κ2) is 9.27. The highest BCUT2D eigenvalue weighted by atomic mass is 16.3. The zero-order valence-electron chi connectivity index (χ0n) is 20.2. The number of hydrogen-bond donors (Lipinski definition) is 3. The van der Waals surface area contributed by atoms with Gasteiger partial charge < -0.3 is 15.7 Å². The molecule has 182 valence electrons. The predicted octanol–water partition coefficient (Wildman–Crippen LogP) is 5.80. The molecule has 1 amide bonds. The number of benzene rings is 2. The Hall–Kier alpha value is -2.92. The maximum absolute atomic E-state index is 13.4. The molecule has 4 aliphatic carbocycles. The Morgan fingerprint density at radius 3 is 2.31 bits per heavy atom. The Morgan fingerprint density at radius 1 is 0.971 bits per heavy atom. The smallest absolute Gasteiger partial charge is 0.224 e. The van der Waals surface area contributed by atoms with E-state index in [2.05, 4.69) is 22.8 Å². The monoisotopic (exact) mass is 469 g/mol. The van der Waals surface area contributed by atoms with Crippen LogP contribution in [-0.4, -0.2) is 28.6 Å². The highest BCUT2D eigenvalue weighted by Crippen LogP contribution is 2.61. The van der Waals surface area contributed by atoms with Gasteiger partial charge in [0.25, 0.3) is 0 Å². The van der Waals surface area contributed by atoms with Gasteiger partial charge in [0, 0.05) is 17.9 Å². The number of para-hydroxylation sites is 1. The van der Waals surface area contributed by atoms with Crippen molar-refractivity contribution in [2.45, 2.75) is 57.4 Å². The van der Waals surface area contributed by atoms with Gasteiger partial charge in [-0.25, -0.2) is 4.98 Å². The molecule has 5 heteroatoms. The first-order valence-electron chi connectivity index (χ1n) is 13.2. The van der Waals surface area contributed by atoms with E-state index < -0.39 is 0 Å². The fraction of sp³-hybridized carbons (Fsp3) is 0.467. The van der Waals surface area contributed by atoms with Crippen LogP contribution < -0.4 is 10.6 Å². The van der Waals surface area contributed by atoms with Crippen LogP contribution in [0.1, 0.15) is 50.5 Å². The summed E-state index contributed by atoms with van der Waals surface area (Å²) < 4.78 is 0. The summed E-state index contributed by atoms with van der Waals surface area (Å²) in [5.74, 6) is 3.31. The van der Waals surface area contributed by atoms with E-state index >= 15 is 0 Å². The highest BCUT2D eigenvalue weighted by molar-refractivity contribution is 6.02. The van der Waals surface area contributed by atoms with Gasteiger partial charge in [-0.1, -0.05) is 48.5 Å². The van der Waals surface area contributed by atoms with E-state index in [0.29, 0.717) is 18.7 Å². The number of nitrogens with one attached hydrogen (secondary N) is 2. The molecular formula is C30H35N3O2. The number of nitrogens with zero attached hydrogens (tertiary/aromatic N) is 1. The van der Waals surface area contributed by atoms with E-state index in [0.717, 1.165) is 39.9 Å². The number of amides is 1. The van der Waals surface area contributed by atoms with Gasteiger partial charge in [0.05, 0.1) is 23.9 Å². The topological polar surface area (TPSA) is 74.2 Å². The van der Waals surface area contributed by atoms with Crippen LogP contribution in [0.15, 0.2) is 60.7 Å². The molecule has 1 unspecified atom stereocenters. The van der Waals surface area contributed by atoms with E-state index in [1.807, 2.05) is 48.5 Å². The number of aliphatic hydroxyl groups is 1. The Labute approximate surface area is 207 Å². The molecule has 3 aromatic rings. The summed E-state index contributed by atoms with van der Waals surface area (Å²) in [7, 11) is 0. The van der Waals surface area contributed by atoms with Crippen molar-refractivity contribution in [1.82, 2.24) is 4.98 Å². The number of fused-ring (bicyclic) bond motifs is 1. The number of hydrogen-bond acceptors (Lipinski definition) is 4. The lowest BCUT2D eigenvalue weighted by Gasteiger charge is -2.56. The van der Waals surface area contributed by atoms with E-state index in [-0.39, 0.29) is 24.0 Å². The van der Waals surface area contributed by atoms with Crippen LogP contribution in [0.25, 0.3) is 10.9 Å². The first-order chi connectivity index (χ1) is 17.1. The molecule has 5 nitrogen and oxygen atoms in total. The Kier molecular flexibility index (Phi) is 5.97. The summed E-state index contributed by atoms with van der Waals surface area (Å²) in [4.78, 5) is 18.2. The molecule has 0 radical (unpaired) electrons. The van der Waals surface area contributed by atoms with Crippen molar-refractivity contribution < 1.29 is 9.90 Å². The molecule has 35 heavy (non-hydrogen) atoms. The van der Waals surface area contributed by atoms with E-state index in [1.54, 1.807) is 0 Å². The van der Waals surface area contributed by atoms with Gasteiger partial charge >= 0.3 is 0 Å². The largest absolute Gasteiger partial charge is 0.394 e. The van der Waals surface area contributed by atoms with Gasteiger partial charge in [-0.2, -0.15) is 0 Å². The predicted molar refractivity (Wildman–Crippen MR) is 140 cm³/mol. The first-order valence-corrected chi connectivity index (χ1v) is 13.2. The minimum absolute atomic E-state index is 0.00286. The van der Waals surface area contributed by atoms with Gasteiger partial charge in [-0.05, 0) is 79.7 Å². The van der Waals surface area contributed by atoms with Crippen molar-refractivity contribution in [3.05, 3.63) is 66.2 Å². The number of aliphatic hydroxyl groups excluding tert-OH is 1. The molecule has 1 aromatic heterocycles. The van der Waals surface area contributed by atoms with Crippen molar-refractivity contribution in [1.29, 1.82) is 0 Å². The number of aromatic nitrogens is 1. The third-order valence-electron chi connectivity index (χ3n) is 8.59. The number of carbonyl (C=O) groups is 1. The van der Waals surface area contributed by atoms with Crippen LogP contribution in [0.2, 0.25) is 0 Å². The van der Waals surface area contributed by atoms with Crippen molar-refractivity contribution in [2.75, 3.05) is 17.2 Å². The Bertz CT molecular complexity index is 1170. The molecule has 0 saturated heterocycles. The highest BCUT2D eigenvalue weighted by Gasteiger charge is 2.51. The average Bonchev–Trinajstić information content (AvgIpc) is 2.83. The van der Waals surface area contributed by atoms with Crippen molar-refractivity contribution in [3.63, 3.8) is 0 Å². The Balaban J connectivity index is 1.21. The summed E-state index contributed by atoms with van der Waals surface area (Å²) in [6.07, 6.45) is 9.18. The quantitative estimate of drug-likeness (QED) is 0.390. The van der Waals surface area contributed by atoms with Gasteiger partial charge in [-0.15, -0.1) is 0 Å². The second-order valence-corrected chi connectivity index (χ2v) is 11.4. The molecule has 2 aromatic carbocycles. The summed E-state index contributed by atoms with van der Waals surface area (Å²) in [6.45, 7) is -0.00286. The SMILES string of the molecule is O=C(CC12CC3CC(CC(C3)C1)C2)Nc1cc(NC(CO)Cc2ccccc2)nc2ccccc12. The molecule has 1 atom stereocenters. The van der Waals surface area contributed by atoms with Crippen molar-refractivity contribution >= 4 is 28.3 Å². The van der Waals surface area contributed by atoms with Crippen LogP contribution in [0.3, 0.4) is 0 Å². The zero-order chi connectivity index (χ0) is 23.8. The lowest BCUT2D eigenvalue weighted by atomic mass is 9.49. The van der Waals surface area contributed by atoms with Gasteiger partial charge in [-0.3, -0.25) is 4.79 Å². The van der Waals surface area contributed by atoms with Crippen molar-refractivity contribution in [2.24, 2.45) is 23.2 Å². The minimum Gasteiger partial charge on any atom is -0.394 e. The number of carbonyl (C=O) groups excluding carboxylic acids is 1. The maximum Gasteiger partial charge on any atom is 0.224 e. The molecule has 7 rings (SSSR count). The summed E-state index contributed by atoms with van der Waals surface area (Å²) >= 11 is 0. The third kappa shape index (κ3) is 4.79. The van der Waals surface area contributed by atoms with E-state index in [4.69, 9.17) is 4.98 Å². The number of rotatable bonds is 8. The molecule has 4 bridgehead atoms. The van der Waals surface area contributed by atoms with Crippen LogP contribution in [0.4, 0.5) is 11.5 Å². The summed E-state index contributed by atoms with van der Waals surface area (Å²) in [6, 6.07) is 19.8. The lowest BCUT2D eigenvalue weighted by molar-refractivity contribution is -0.124. The molecule has 4 aliphatic rings. The van der Waals surface area contributed by atoms with E-state index in [1.165, 1.54) is 38.5 Å². The standard InChI is InChI=1S/C30H35N3O2/c34-19-24(13-20-6-2-1-3-7-20)31-28-14-27(25-8-4-5-9-26(25)32-28)33-29(35)18-30-15-21-10-22(16-30)12-23(11-21)17-30/h1-9,14,21-24,34H,10-13,15-19H2,(H2,31,32,33,35). The van der Waals surface area contributed by atoms with Crippen molar-refractivity contribution in [3.8, 4) is 0 Å². The normalized spacial score (nSPS) is 27.6. The molecular weight excluding hydrogens is 434 g/mol. The maximum atomic E-state index is 13.4. The number of anilines is 2. The lowest BCUT2D eigenvalue weighted by Crippen LogP contribution is -2.47. The molecule has 4 fully saturated rings. The number of pyridine rings is 1. The molecule has 0 aliphatic heterocycles. The van der Waals surface area contributed by atoms with Crippen LogP contribution in [-0.2, 0) is 11.2 Å². The zero-order valence-corrected chi connectivity index (χ0v) is 20.2. The minimum atomic E-state index is -0.165. The summed E-state index contributed by atoms with van der Waals surface area (Å²) in [5, 5.41) is 17.6. The second-order valence-electron chi connectivity index (χ2n) is 11.4. The van der Waals surface area contributed by atoms with Gasteiger partial charge in [0.1, 0.15) is 5.82 Å². The summed E-state index contributed by atoms with van der Waals surface area (Å²) in [5.41, 5.74) is 2.99.